The highest BCUT2D eigenvalue weighted by Gasteiger charge is 2.20. The number of hydrogen-bond donors (Lipinski definition) is 0. The predicted molar refractivity (Wildman–Crippen MR) is 96.1 cm³/mol. The molecule has 0 aliphatic rings. The van der Waals surface area contributed by atoms with Crippen molar-refractivity contribution in [3.63, 3.8) is 0 Å². The Balaban J connectivity index is 2.28. The van der Waals surface area contributed by atoms with E-state index in [1.54, 1.807) is 30.5 Å². The fourth-order valence-electron chi connectivity index (χ4n) is 2.15. The molecule has 21 heavy (non-hydrogen) atoms. The minimum atomic E-state index is -3.59. The Labute approximate surface area is 145 Å². The number of hydrogen-bond acceptors (Lipinski definition) is 2. The van der Waals surface area contributed by atoms with E-state index in [1.165, 1.54) is 3.97 Å². The van der Waals surface area contributed by atoms with Gasteiger partial charge in [-0.1, -0.05) is 39.7 Å². The van der Waals surface area contributed by atoms with Gasteiger partial charge in [-0.05, 0) is 53.8 Å². The Hall–Kier alpha value is -0.860. The van der Waals surface area contributed by atoms with Crippen LogP contribution in [0.5, 0.6) is 0 Å². The fraction of sp³-hybridized carbons (Fsp3) is 0.0667. The molecule has 1 aromatic heterocycles. The fourth-order valence-corrected chi connectivity index (χ4v) is 4.79. The van der Waals surface area contributed by atoms with Crippen LogP contribution in [0.15, 0.2) is 58.0 Å². The third-order valence-electron chi connectivity index (χ3n) is 3.26. The van der Waals surface area contributed by atoms with Gasteiger partial charge in [0.25, 0.3) is 10.0 Å². The van der Waals surface area contributed by atoms with E-state index in [1.807, 2.05) is 25.1 Å². The van der Waals surface area contributed by atoms with Crippen molar-refractivity contribution in [1.82, 2.24) is 3.97 Å². The van der Waals surface area contributed by atoms with Crippen molar-refractivity contribution in [2.75, 3.05) is 0 Å². The quantitative estimate of drug-likeness (QED) is 0.510. The maximum absolute atomic E-state index is 12.8. The van der Waals surface area contributed by atoms with Crippen LogP contribution in [0.1, 0.15) is 5.56 Å². The molecule has 6 heteroatoms. The van der Waals surface area contributed by atoms with Crippen LogP contribution in [0.2, 0.25) is 0 Å². The molecule has 3 aromatic rings. The average molecular weight is 476 g/mol. The van der Waals surface area contributed by atoms with Crippen molar-refractivity contribution < 1.29 is 8.42 Å². The van der Waals surface area contributed by atoms with E-state index in [2.05, 4.69) is 38.5 Å². The Morgan fingerprint density at radius 3 is 2.43 bits per heavy atom. The summed E-state index contributed by atoms with van der Waals surface area (Å²) >= 11 is 5.55. The second-order valence-corrected chi connectivity index (χ2v) is 8.65. The van der Waals surface area contributed by atoms with Gasteiger partial charge in [0, 0.05) is 19.6 Å². The maximum Gasteiger partial charge on any atom is 0.268 e. The van der Waals surface area contributed by atoms with Crippen molar-refractivity contribution >= 4 is 59.4 Å². The van der Waals surface area contributed by atoms with E-state index in [0.717, 1.165) is 19.0 Å². The lowest BCUT2D eigenvalue weighted by atomic mass is 10.2. The molecule has 0 spiro atoms. The van der Waals surface area contributed by atoms with Gasteiger partial charge < -0.3 is 0 Å². The van der Waals surface area contributed by atoms with Gasteiger partial charge in [-0.25, -0.2) is 12.4 Å². The van der Waals surface area contributed by atoms with Crippen molar-refractivity contribution in [2.45, 2.75) is 11.8 Å². The molecule has 3 nitrogen and oxygen atoms in total. The van der Waals surface area contributed by atoms with Gasteiger partial charge in [-0.15, -0.1) is 0 Å². The lowest BCUT2D eigenvalue weighted by Gasteiger charge is -2.08. The molecule has 0 saturated heterocycles. The van der Waals surface area contributed by atoms with Crippen LogP contribution < -0.4 is 0 Å². The van der Waals surface area contributed by atoms with Gasteiger partial charge in [-0.3, -0.25) is 0 Å². The Morgan fingerprint density at radius 2 is 1.76 bits per heavy atom. The van der Waals surface area contributed by atoms with Gasteiger partial charge in [0.15, 0.2) is 0 Å². The molecule has 0 atom stereocenters. The first-order valence-electron chi connectivity index (χ1n) is 6.18. The topological polar surface area (TPSA) is 39.1 Å². The van der Waals surface area contributed by atoms with Crippen molar-refractivity contribution in [1.29, 1.82) is 0 Å². The molecule has 0 fully saturated rings. The van der Waals surface area contributed by atoms with Gasteiger partial charge >= 0.3 is 0 Å². The summed E-state index contributed by atoms with van der Waals surface area (Å²) in [6.07, 6.45) is 1.66. The summed E-state index contributed by atoms with van der Waals surface area (Å²) in [6, 6.07) is 12.5. The lowest BCUT2D eigenvalue weighted by molar-refractivity contribution is 0.589. The summed E-state index contributed by atoms with van der Waals surface area (Å²) in [5.74, 6) is 0. The number of rotatable bonds is 2. The predicted octanol–water partition coefficient (Wildman–Crippen LogP) is 4.55. The van der Waals surface area contributed by atoms with E-state index in [9.17, 15) is 8.42 Å². The summed E-state index contributed by atoms with van der Waals surface area (Å²) in [5.41, 5.74) is 1.71. The highest BCUT2D eigenvalue weighted by molar-refractivity contribution is 14.1. The molecule has 108 valence electrons. The van der Waals surface area contributed by atoms with E-state index in [-0.39, 0.29) is 0 Å². The Kier molecular flexibility index (Phi) is 3.87. The highest BCUT2D eigenvalue weighted by atomic mass is 127. The maximum atomic E-state index is 12.8. The normalized spacial score (nSPS) is 12.0. The standard InChI is InChI=1S/C15H11BrINO2S/c1-10-2-5-12(6-3-10)21(19,20)18-9-14(17)13-7-4-11(16)8-15(13)18/h2-9H,1H3. The minimum Gasteiger partial charge on any atom is -0.240 e. The van der Waals surface area contributed by atoms with E-state index < -0.39 is 10.0 Å². The van der Waals surface area contributed by atoms with Crippen LogP contribution in [0, 0.1) is 10.5 Å². The number of aryl methyl sites for hydroxylation is 1. The van der Waals surface area contributed by atoms with E-state index >= 15 is 0 Å². The van der Waals surface area contributed by atoms with E-state index in [0.29, 0.717) is 10.4 Å². The summed E-state index contributed by atoms with van der Waals surface area (Å²) in [7, 11) is -3.59. The van der Waals surface area contributed by atoms with Crippen molar-refractivity contribution in [3.05, 3.63) is 62.3 Å². The molecule has 2 aromatic carbocycles. The number of aromatic nitrogens is 1. The Morgan fingerprint density at radius 1 is 1.10 bits per heavy atom. The molecular weight excluding hydrogens is 465 g/mol. The molecule has 0 aliphatic heterocycles. The molecule has 0 saturated carbocycles. The van der Waals surface area contributed by atoms with Gasteiger partial charge in [0.2, 0.25) is 0 Å². The number of halogens is 2. The van der Waals surface area contributed by atoms with Gasteiger partial charge in [-0.2, -0.15) is 0 Å². The van der Waals surface area contributed by atoms with Crippen LogP contribution >= 0.6 is 38.5 Å². The molecule has 0 bridgehead atoms. The second-order valence-electron chi connectivity index (χ2n) is 4.75. The monoisotopic (exact) mass is 475 g/mol. The van der Waals surface area contributed by atoms with Gasteiger partial charge in [0.05, 0.1) is 10.4 Å². The van der Waals surface area contributed by atoms with Crippen LogP contribution in [0.3, 0.4) is 0 Å². The third kappa shape index (κ3) is 2.64. The minimum absolute atomic E-state index is 0.293. The summed E-state index contributed by atoms with van der Waals surface area (Å²) in [6.45, 7) is 1.93. The second kappa shape index (κ2) is 5.40. The zero-order valence-electron chi connectivity index (χ0n) is 11.0. The molecule has 1 heterocycles. The first kappa shape index (κ1) is 15.1. The van der Waals surface area contributed by atoms with Crippen LogP contribution in [-0.2, 0) is 10.0 Å². The zero-order valence-corrected chi connectivity index (χ0v) is 15.6. The molecule has 0 amide bonds. The molecular formula is C15H11BrINO2S. The number of benzene rings is 2. The number of fused-ring (bicyclic) bond motifs is 1. The summed E-state index contributed by atoms with van der Waals surface area (Å²) < 4.78 is 28.8. The molecule has 0 radical (unpaired) electrons. The first-order chi connectivity index (χ1) is 9.89. The van der Waals surface area contributed by atoms with Crippen molar-refractivity contribution in [3.8, 4) is 0 Å². The summed E-state index contributed by atoms with van der Waals surface area (Å²) in [5, 5.41) is 0.925. The van der Waals surface area contributed by atoms with Crippen LogP contribution in [0.4, 0.5) is 0 Å². The lowest BCUT2D eigenvalue weighted by Crippen LogP contribution is -2.11. The average Bonchev–Trinajstić information content (AvgIpc) is 2.76. The zero-order chi connectivity index (χ0) is 15.2. The number of nitrogens with zero attached hydrogens (tertiary/aromatic N) is 1. The molecule has 3 rings (SSSR count). The molecule has 0 N–H and O–H groups in total. The highest BCUT2D eigenvalue weighted by Crippen LogP contribution is 2.29. The smallest absolute Gasteiger partial charge is 0.240 e. The van der Waals surface area contributed by atoms with E-state index in [4.69, 9.17) is 0 Å². The first-order valence-corrected chi connectivity index (χ1v) is 9.49. The van der Waals surface area contributed by atoms with Crippen molar-refractivity contribution in [2.24, 2.45) is 0 Å². The third-order valence-corrected chi connectivity index (χ3v) is 6.30. The van der Waals surface area contributed by atoms with Crippen LogP contribution in [-0.4, -0.2) is 12.4 Å². The molecule has 0 aliphatic carbocycles. The van der Waals surface area contributed by atoms with Gasteiger partial charge in [0.1, 0.15) is 0 Å². The largest absolute Gasteiger partial charge is 0.268 e. The Bertz CT molecular complexity index is 930. The SMILES string of the molecule is Cc1ccc(S(=O)(=O)n2cc(I)c3ccc(Br)cc32)cc1. The molecule has 0 unspecified atom stereocenters. The summed E-state index contributed by atoms with van der Waals surface area (Å²) in [4.78, 5) is 0.293. The van der Waals surface area contributed by atoms with Crippen LogP contribution in [0.25, 0.3) is 10.9 Å².